The van der Waals surface area contributed by atoms with Gasteiger partial charge >= 0.3 is 0 Å². The van der Waals surface area contributed by atoms with Crippen molar-refractivity contribution < 1.29 is 14.3 Å². The maximum atomic E-state index is 13.4. The van der Waals surface area contributed by atoms with Gasteiger partial charge in [0.05, 0.1) is 22.4 Å². The lowest BCUT2D eigenvalue weighted by atomic mass is 10.1. The molecule has 1 saturated heterocycles. The number of carbonyl (C=O) groups is 1. The van der Waals surface area contributed by atoms with Crippen LogP contribution in [0.25, 0.3) is 10.2 Å². The first-order valence-corrected chi connectivity index (χ1v) is 9.50. The van der Waals surface area contributed by atoms with Gasteiger partial charge in [-0.25, -0.2) is 15.0 Å². The minimum Gasteiger partial charge on any atom is -0.391 e. The Morgan fingerprint density at radius 1 is 1.44 bits per heavy atom. The summed E-state index contributed by atoms with van der Waals surface area (Å²) in [4.78, 5) is 27.0. The molecular formula is C18H18FN5O2S. The van der Waals surface area contributed by atoms with E-state index in [-0.39, 0.29) is 11.9 Å². The fourth-order valence-electron chi connectivity index (χ4n) is 3.11. The Hall–Kier alpha value is -2.65. The summed E-state index contributed by atoms with van der Waals surface area (Å²) in [6.07, 6.45) is 1.48. The second-order valence-corrected chi connectivity index (χ2v) is 7.42. The van der Waals surface area contributed by atoms with Gasteiger partial charge in [0.15, 0.2) is 5.69 Å². The van der Waals surface area contributed by atoms with Crippen LogP contribution < -0.4 is 5.32 Å². The Balaban J connectivity index is 1.65. The first kappa shape index (κ1) is 17.7. The van der Waals surface area contributed by atoms with E-state index in [4.69, 9.17) is 0 Å². The van der Waals surface area contributed by atoms with Gasteiger partial charge in [0.2, 0.25) is 11.9 Å². The molecule has 0 aliphatic carbocycles. The number of fused-ring (bicyclic) bond motifs is 1. The molecule has 0 bridgehead atoms. The predicted octanol–water partition coefficient (Wildman–Crippen LogP) is 2.61. The monoisotopic (exact) mass is 387 g/mol. The number of aliphatic hydroxyl groups is 1. The predicted molar refractivity (Wildman–Crippen MR) is 100 cm³/mol. The smallest absolute Gasteiger partial charge is 0.274 e. The fraction of sp³-hybridized carbons (Fsp3) is 0.333. The van der Waals surface area contributed by atoms with E-state index >= 15 is 0 Å². The largest absolute Gasteiger partial charge is 0.391 e. The molecule has 0 radical (unpaired) electrons. The highest BCUT2D eigenvalue weighted by Crippen LogP contribution is 2.27. The van der Waals surface area contributed by atoms with E-state index in [1.165, 1.54) is 23.6 Å². The number of β-amino-alcohol motifs (C(OH)–C–C–N with tert-alkyl or cyclic N) is 1. The van der Waals surface area contributed by atoms with Crippen molar-refractivity contribution in [2.75, 3.05) is 18.4 Å². The summed E-state index contributed by atoms with van der Waals surface area (Å²) in [6.45, 7) is 2.67. The first-order valence-electron chi connectivity index (χ1n) is 8.62. The number of amides is 1. The highest BCUT2D eigenvalue weighted by atomic mass is 32.1. The molecule has 2 N–H and O–H groups in total. The Labute approximate surface area is 158 Å². The summed E-state index contributed by atoms with van der Waals surface area (Å²) >= 11 is 1.41. The minimum absolute atomic E-state index is 0.216. The fourth-order valence-corrected chi connectivity index (χ4v) is 3.92. The molecule has 4 rings (SSSR count). The number of anilines is 1. The van der Waals surface area contributed by atoms with Crippen molar-refractivity contribution in [3.63, 3.8) is 0 Å². The number of halogens is 1. The van der Waals surface area contributed by atoms with Gasteiger partial charge in [-0.1, -0.05) is 0 Å². The van der Waals surface area contributed by atoms with E-state index in [0.717, 1.165) is 4.70 Å². The van der Waals surface area contributed by atoms with Gasteiger partial charge in [0.1, 0.15) is 0 Å². The van der Waals surface area contributed by atoms with Crippen LogP contribution in [0, 0.1) is 5.95 Å². The lowest BCUT2D eigenvalue weighted by molar-refractivity contribution is 0.0761. The van der Waals surface area contributed by atoms with E-state index in [1.54, 1.807) is 11.0 Å². The second-order valence-electron chi connectivity index (χ2n) is 6.50. The summed E-state index contributed by atoms with van der Waals surface area (Å²) in [7, 11) is 0. The number of aliphatic hydroxyl groups excluding tert-OH is 1. The standard InChI is InChI=1S/C18H18FN5O2S/c1-10(11-2-5-20-14(19)8-11)21-18-22-13-4-7-27-16(13)15(23-18)17(26)24-6-3-12(25)9-24/h2,4-5,7-8,10,12,25H,3,6,9H2,1H3,(H,21,22,23)/t10?,12-/m0/s1. The number of aromatic nitrogens is 3. The van der Waals surface area contributed by atoms with Crippen LogP contribution in [0.5, 0.6) is 0 Å². The number of nitrogens with zero attached hydrogens (tertiary/aromatic N) is 4. The van der Waals surface area contributed by atoms with Crippen molar-refractivity contribution in [2.24, 2.45) is 0 Å². The number of pyridine rings is 1. The number of hydrogen-bond acceptors (Lipinski definition) is 7. The number of nitrogens with one attached hydrogen (secondary N) is 1. The molecular weight excluding hydrogens is 369 g/mol. The van der Waals surface area contributed by atoms with E-state index < -0.39 is 12.1 Å². The zero-order chi connectivity index (χ0) is 19.0. The molecule has 3 aromatic rings. The molecule has 0 saturated carbocycles. The van der Waals surface area contributed by atoms with E-state index in [0.29, 0.717) is 42.2 Å². The van der Waals surface area contributed by atoms with Crippen LogP contribution in [0.3, 0.4) is 0 Å². The molecule has 1 amide bonds. The average Bonchev–Trinajstić information content (AvgIpc) is 3.29. The molecule has 27 heavy (non-hydrogen) atoms. The van der Waals surface area contributed by atoms with Crippen molar-refractivity contribution in [3.8, 4) is 0 Å². The van der Waals surface area contributed by atoms with Crippen LogP contribution in [0.4, 0.5) is 10.3 Å². The summed E-state index contributed by atoms with van der Waals surface area (Å²) in [5, 5.41) is 14.7. The Kier molecular flexibility index (Phi) is 4.71. The van der Waals surface area contributed by atoms with Crippen molar-refractivity contribution in [1.29, 1.82) is 0 Å². The Bertz CT molecular complexity index is 995. The van der Waals surface area contributed by atoms with Crippen LogP contribution in [0.2, 0.25) is 0 Å². The second kappa shape index (κ2) is 7.16. The van der Waals surface area contributed by atoms with E-state index in [2.05, 4.69) is 20.3 Å². The number of likely N-dealkylation sites (tertiary alicyclic amines) is 1. The lowest BCUT2D eigenvalue weighted by Crippen LogP contribution is -2.30. The third kappa shape index (κ3) is 3.60. The third-order valence-electron chi connectivity index (χ3n) is 4.55. The van der Waals surface area contributed by atoms with Crippen LogP contribution in [0.1, 0.15) is 35.4 Å². The van der Waals surface area contributed by atoms with Gasteiger partial charge in [0, 0.05) is 19.3 Å². The number of hydrogen-bond donors (Lipinski definition) is 2. The van der Waals surface area contributed by atoms with Crippen LogP contribution >= 0.6 is 11.3 Å². The molecule has 9 heteroatoms. The molecule has 1 aliphatic heterocycles. The highest BCUT2D eigenvalue weighted by molar-refractivity contribution is 7.17. The Morgan fingerprint density at radius 3 is 3.04 bits per heavy atom. The minimum atomic E-state index is -0.557. The molecule has 0 aromatic carbocycles. The summed E-state index contributed by atoms with van der Waals surface area (Å²) in [6, 6.07) is 4.62. The molecule has 1 fully saturated rings. The van der Waals surface area contributed by atoms with Gasteiger partial charge < -0.3 is 15.3 Å². The zero-order valence-corrected chi connectivity index (χ0v) is 15.4. The van der Waals surface area contributed by atoms with Gasteiger partial charge in [-0.05, 0) is 42.5 Å². The van der Waals surface area contributed by atoms with E-state index in [1.807, 2.05) is 18.4 Å². The van der Waals surface area contributed by atoms with Gasteiger partial charge in [0.25, 0.3) is 5.91 Å². The highest BCUT2D eigenvalue weighted by Gasteiger charge is 2.28. The molecule has 1 unspecified atom stereocenters. The van der Waals surface area contributed by atoms with Crippen molar-refractivity contribution in [2.45, 2.75) is 25.5 Å². The average molecular weight is 387 g/mol. The van der Waals surface area contributed by atoms with Crippen LogP contribution in [-0.4, -0.2) is 50.1 Å². The van der Waals surface area contributed by atoms with Crippen molar-refractivity contribution in [1.82, 2.24) is 19.9 Å². The zero-order valence-electron chi connectivity index (χ0n) is 14.6. The molecule has 4 heterocycles. The molecule has 140 valence electrons. The first-order chi connectivity index (χ1) is 13.0. The number of carbonyl (C=O) groups excluding carboxylic acids is 1. The SMILES string of the molecule is CC(Nc1nc(C(=O)N2CC[C@H](O)C2)c2sccc2n1)c1ccnc(F)c1. The maximum Gasteiger partial charge on any atom is 0.274 e. The summed E-state index contributed by atoms with van der Waals surface area (Å²) < 4.78 is 14.1. The number of thiophene rings is 1. The molecule has 0 spiro atoms. The van der Waals surface area contributed by atoms with Gasteiger partial charge in [-0.3, -0.25) is 4.79 Å². The molecule has 3 aromatic heterocycles. The quantitative estimate of drug-likeness (QED) is 0.669. The summed E-state index contributed by atoms with van der Waals surface area (Å²) in [5.41, 5.74) is 1.69. The molecule has 1 aliphatic rings. The van der Waals surface area contributed by atoms with Gasteiger partial charge in [-0.2, -0.15) is 4.39 Å². The van der Waals surface area contributed by atoms with Crippen molar-refractivity contribution in [3.05, 3.63) is 47.0 Å². The topological polar surface area (TPSA) is 91.2 Å². The van der Waals surface area contributed by atoms with Crippen LogP contribution in [-0.2, 0) is 0 Å². The Morgan fingerprint density at radius 2 is 2.30 bits per heavy atom. The number of rotatable bonds is 4. The third-order valence-corrected chi connectivity index (χ3v) is 5.46. The lowest BCUT2D eigenvalue weighted by Gasteiger charge is -2.17. The normalized spacial score (nSPS) is 18.0. The maximum absolute atomic E-state index is 13.4. The van der Waals surface area contributed by atoms with Crippen molar-refractivity contribution >= 4 is 33.4 Å². The molecule has 2 atom stereocenters. The summed E-state index contributed by atoms with van der Waals surface area (Å²) in [5.74, 6) is -0.473. The molecule has 7 nitrogen and oxygen atoms in total. The van der Waals surface area contributed by atoms with Gasteiger partial charge in [-0.15, -0.1) is 11.3 Å². The van der Waals surface area contributed by atoms with Crippen LogP contribution in [0.15, 0.2) is 29.8 Å². The van der Waals surface area contributed by atoms with E-state index in [9.17, 15) is 14.3 Å².